The van der Waals surface area contributed by atoms with E-state index >= 15 is 0 Å². The molecule has 6 heteroatoms. The van der Waals surface area contributed by atoms with Crippen molar-refractivity contribution in [1.29, 1.82) is 0 Å². The van der Waals surface area contributed by atoms with Crippen LogP contribution < -0.4 is 0 Å². The summed E-state index contributed by atoms with van der Waals surface area (Å²) in [4.78, 5) is 0. The molecule has 0 aromatic rings. The molecule has 2 atom stereocenters. The minimum absolute atomic E-state index is 0.0239. The second-order valence-corrected chi connectivity index (χ2v) is 22.8. The van der Waals surface area contributed by atoms with Crippen LogP contribution in [-0.2, 0) is 18.3 Å². The van der Waals surface area contributed by atoms with Gasteiger partial charge in [-0.15, -0.1) is 0 Å². The van der Waals surface area contributed by atoms with Gasteiger partial charge in [-0.25, -0.2) is 0 Å². The van der Waals surface area contributed by atoms with E-state index < -0.39 is 16.6 Å². The van der Waals surface area contributed by atoms with Crippen LogP contribution in [-0.4, -0.2) is 49.4 Å². The van der Waals surface area contributed by atoms with Crippen LogP contribution in [0.4, 0.5) is 0 Å². The fourth-order valence-corrected chi connectivity index (χ4v) is 12.8. The van der Waals surface area contributed by atoms with Gasteiger partial charge in [0.1, 0.15) is 0 Å². The summed E-state index contributed by atoms with van der Waals surface area (Å²) in [5.41, 5.74) is 1.93. The van der Waals surface area contributed by atoms with E-state index in [1.807, 2.05) is 0 Å². The van der Waals surface area contributed by atoms with Crippen molar-refractivity contribution >= 4 is 16.6 Å². The maximum absolute atomic E-state index is 7.10. The van der Waals surface area contributed by atoms with Gasteiger partial charge in [0.05, 0.1) is 5.60 Å². The van der Waals surface area contributed by atoms with Crippen LogP contribution in [0, 0.1) is 5.92 Å². The van der Waals surface area contributed by atoms with Crippen LogP contribution in [0.15, 0.2) is 0 Å². The van der Waals surface area contributed by atoms with E-state index in [0.717, 1.165) is 32.3 Å². The van der Waals surface area contributed by atoms with Gasteiger partial charge in [0, 0.05) is 20.8 Å². The van der Waals surface area contributed by atoms with Gasteiger partial charge in [-0.2, -0.15) is 0 Å². The maximum atomic E-state index is 7.10. The van der Waals surface area contributed by atoms with Gasteiger partial charge in [0.25, 0.3) is 0 Å². The molecule has 192 valence electrons. The first-order valence-corrected chi connectivity index (χ1v) is 18.0. The van der Waals surface area contributed by atoms with Crippen molar-refractivity contribution in [2.75, 3.05) is 20.8 Å². The summed E-state index contributed by atoms with van der Waals surface area (Å²) in [7, 11) is -0.195. The summed E-state index contributed by atoms with van der Waals surface area (Å²) < 4.78 is 24.8. The van der Waals surface area contributed by atoms with E-state index in [0.29, 0.717) is 22.5 Å². The Morgan fingerprint density at radius 3 is 1.81 bits per heavy atom. The van der Waals surface area contributed by atoms with Gasteiger partial charge in [0.2, 0.25) is 0 Å². The lowest BCUT2D eigenvalue weighted by atomic mass is 10.1. The molecule has 0 aliphatic heterocycles. The number of hydrogen-bond acceptors (Lipinski definition) is 4. The Hall–Kier alpha value is 0.274. The maximum Gasteiger partial charge on any atom is 0.200 e. The smallest absolute Gasteiger partial charge is 0.200 e. The monoisotopic (exact) mass is 488 g/mol. The largest absolute Gasteiger partial charge is 0.416 e. The number of hydrogen-bond donors (Lipinski definition) is 0. The van der Waals surface area contributed by atoms with Crippen molar-refractivity contribution in [3.05, 3.63) is 0 Å². The Morgan fingerprint density at radius 2 is 1.41 bits per heavy atom. The third kappa shape index (κ3) is 7.14. The second-order valence-electron chi connectivity index (χ2n) is 12.6. The molecule has 1 saturated carbocycles. The lowest BCUT2D eigenvalue weighted by Gasteiger charge is -2.42. The summed E-state index contributed by atoms with van der Waals surface area (Å²) >= 11 is 0. The number of methoxy groups -OCH3 is 2. The summed E-state index contributed by atoms with van der Waals surface area (Å²) in [6.07, 6.45) is 5.26. The van der Waals surface area contributed by atoms with Crippen molar-refractivity contribution in [3.8, 4) is 0 Å². The fraction of sp³-hybridized carbons (Fsp3) is 1.00. The van der Waals surface area contributed by atoms with Crippen molar-refractivity contribution in [1.82, 2.24) is 0 Å². The molecule has 1 fully saturated rings. The van der Waals surface area contributed by atoms with E-state index in [1.54, 1.807) is 14.2 Å². The van der Waals surface area contributed by atoms with Gasteiger partial charge in [-0.3, -0.25) is 0 Å². The third-order valence-corrected chi connectivity index (χ3v) is 19.2. The van der Waals surface area contributed by atoms with Crippen LogP contribution in [0.2, 0.25) is 34.8 Å². The molecule has 0 N–H and O–H groups in total. The van der Waals surface area contributed by atoms with E-state index in [4.69, 9.17) is 18.3 Å². The molecule has 0 aromatic heterocycles. The van der Waals surface area contributed by atoms with Gasteiger partial charge in [-0.05, 0) is 72.8 Å². The summed E-state index contributed by atoms with van der Waals surface area (Å²) in [6.45, 7) is 26.9. The number of rotatable bonds is 15. The second kappa shape index (κ2) is 11.8. The van der Waals surface area contributed by atoms with Crippen LogP contribution in [0.3, 0.4) is 0 Å². The highest BCUT2D eigenvalue weighted by Crippen LogP contribution is 2.56. The molecule has 0 aromatic carbocycles. The average molecular weight is 489 g/mol. The summed E-state index contributed by atoms with van der Waals surface area (Å²) in [5.74, 6) is 0.610. The van der Waals surface area contributed by atoms with E-state index in [-0.39, 0.29) is 16.9 Å². The van der Waals surface area contributed by atoms with Crippen molar-refractivity contribution in [3.63, 3.8) is 0 Å². The van der Waals surface area contributed by atoms with Crippen LogP contribution in [0.25, 0.3) is 0 Å². The molecule has 0 bridgehead atoms. The minimum Gasteiger partial charge on any atom is -0.416 e. The average Bonchev–Trinajstić information content (AvgIpc) is 3.31. The molecule has 0 unspecified atom stereocenters. The van der Waals surface area contributed by atoms with Crippen molar-refractivity contribution in [2.24, 2.45) is 5.92 Å². The molecule has 4 nitrogen and oxygen atoms in total. The minimum atomic E-state index is -1.84. The standard InChI is InChI=1S/C26H56O4Si2/c1-20(2)32(21(3)4,22(5)6)29-18-16-23-19-26(23,17-14-15-24(27-10)28-11)30-31(12,13)25(7,8)9/h20-24H,14-19H2,1-13H3/t23-,26-/m0/s1. The third-order valence-electron chi connectivity index (χ3n) is 8.53. The van der Waals surface area contributed by atoms with E-state index in [9.17, 15) is 0 Å². The zero-order valence-corrected chi connectivity index (χ0v) is 25.8. The van der Waals surface area contributed by atoms with Crippen LogP contribution in [0.5, 0.6) is 0 Å². The quantitative estimate of drug-likeness (QED) is 0.172. The zero-order valence-electron chi connectivity index (χ0n) is 23.8. The van der Waals surface area contributed by atoms with Gasteiger partial charge in [0.15, 0.2) is 22.9 Å². The van der Waals surface area contributed by atoms with Crippen LogP contribution >= 0.6 is 0 Å². The molecule has 1 aliphatic rings. The highest BCUT2D eigenvalue weighted by atomic mass is 28.4. The Morgan fingerprint density at radius 1 is 0.906 bits per heavy atom. The van der Waals surface area contributed by atoms with Crippen LogP contribution in [0.1, 0.15) is 94.4 Å². The first kappa shape index (κ1) is 30.3. The predicted molar refractivity (Wildman–Crippen MR) is 142 cm³/mol. The SMILES string of the molecule is COC(CCC[C@]1(O[Si](C)(C)C(C)(C)C)C[C@@H]1CCO[Si](C(C)C)(C(C)C)C(C)C)OC. The first-order valence-electron chi connectivity index (χ1n) is 13.0. The van der Waals surface area contributed by atoms with E-state index in [1.165, 1.54) is 6.42 Å². The van der Waals surface area contributed by atoms with Crippen molar-refractivity contribution in [2.45, 2.75) is 141 Å². The zero-order chi connectivity index (χ0) is 25.0. The highest BCUT2D eigenvalue weighted by molar-refractivity contribution is 6.77. The molecule has 32 heavy (non-hydrogen) atoms. The molecule has 0 heterocycles. The molecule has 0 saturated heterocycles. The number of ether oxygens (including phenoxy) is 2. The Kier molecular flexibility index (Phi) is 11.2. The van der Waals surface area contributed by atoms with Gasteiger partial charge >= 0.3 is 0 Å². The molecular weight excluding hydrogens is 432 g/mol. The predicted octanol–water partition coefficient (Wildman–Crippen LogP) is 8.14. The fourth-order valence-electron chi connectivity index (χ4n) is 5.64. The molecule has 0 radical (unpaired) electrons. The molecule has 0 amide bonds. The lowest BCUT2D eigenvalue weighted by Crippen LogP contribution is -2.48. The Bertz CT molecular complexity index is 531. The summed E-state index contributed by atoms with van der Waals surface area (Å²) in [6, 6.07) is 0. The lowest BCUT2D eigenvalue weighted by molar-refractivity contribution is -0.108. The Labute approximate surface area is 202 Å². The molecule has 1 aliphatic carbocycles. The van der Waals surface area contributed by atoms with Crippen molar-refractivity contribution < 1.29 is 18.3 Å². The molecule has 0 spiro atoms. The normalized spacial score (nSPS) is 22.6. The van der Waals surface area contributed by atoms with Gasteiger partial charge < -0.3 is 18.3 Å². The molecular formula is C26H56O4Si2. The van der Waals surface area contributed by atoms with Gasteiger partial charge in [-0.1, -0.05) is 62.3 Å². The van der Waals surface area contributed by atoms with E-state index in [2.05, 4.69) is 75.4 Å². The topological polar surface area (TPSA) is 36.9 Å². The Balaban J connectivity index is 2.87. The summed E-state index contributed by atoms with van der Waals surface area (Å²) in [5, 5.41) is 0.222. The first-order chi connectivity index (χ1) is 14.6. The highest BCUT2D eigenvalue weighted by Gasteiger charge is 2.58. The molecule has 1 rings (SSSR count).